The molecule has 0 aromatic heterocycles. The number of nitrogens with zero attached hydrogens (tertiary/aromatic N) is 1. The number of halogens is 1. The highest BCUT2D eigenvalue weighted by atomic mass is 19.1. The number of amides is 1. The lowest BCUT2D eigenvalue weighted by atomic mass is 10.1. The van der Waals surface area contributed by atoms with Crippen LogP contribution in [0.25, 0.3) is 0 Å². The molecule has 2 atom stereocenters. The summed E-state index contributed by atoms with van der Waals surface area (Å²) in [6, 6.07) is 14.6. The summed E-state index contributed by atoms with van der Waals surface area (Å²) in [6.07, 6.45) is 0.969. The smallest absolute Gasteiger partial charge is 0.240 e. The minimum Gasteiger partial charge on any atom is -0.359 e. The standard InChI is InChI=1S/C19H21FN2O/c1-13-11-16-5-3-4-6-18(16)22(13)12-19(23)21-14(2)15-7-9-17(20)10-8-15/h3-10,13-14H,11-12H2,1-2H3,(H,21,23). The normalized spacial score (nSPS) is 17.7. The topological polar surface area (TPSA) is 32.3 Å². The Labute approximate surface area is 136 Å². The van der Waals surface area contributed by atoms with Gasteiger partial charge in [-0.1, -0.05) is 30.3 Å². The van der Waals surface area contributed by atoms with Crippen molar-refractivity contribution in [3.63, 3.8) is 0 Å². The molecule has 0 spiro atoms. The fourth-order valence-electron chi connectivity index (χ4n) is 3.15. The maximum atomic E-state index is 13.0. The number of para-hydroxylation sites is 1. The van der Waals surface area contributed by atoms with Gasteiger partial charge in [-0.15, -0.1) is 0 Å². The zero-order valence-electron chi connectivity index (χ0n) is 13.4. The van der Waals surface area contributed by atoms with Crippen LogP contribution in [-0.4, -0.2) is 18.5 Å². The fourth-order valence-corrected chi connectivity index (χ4v) is 3.15. The monoisotopic (exact) mass is 312 g/mol. The summed E-state index contributed by atoms with van der Waals surface area (Å²) in [6.45, 7) is 4.38. The van der Waals surface area contributed by atoms with E-state index in [4.69, 9.17) is 0 Å². The minimum absolute atomic E-state index is 0.0228. The van der Waals surface area contributed by atoms with Gasteiger partial charge < -0.3 is 10.2 Å². The predicted octanol–water partition coefficient (Wildman–Crippen LogP) is 3.45. The second kappa shape index (κ2) is 6.41. The zero-order chi connectivity index (χ0) is 16.4. The zero-order valence-corrected chi connectivity index (χ0v) is 13.4. The van der Waals surface area contributed by atoms with Crippen molar-refractivity contribution in [3.05, 3.63) is 65.5 Å². The minimum atomic E-state index is -0.269. The second-order valence-electron chi connectivity index (χ2n) is 6.15. The largest absolute Gasteiger partial charge is 0.359 e. The van der Waals surface area contributed by atoms with E-state index in [0.717, 1.165) is 17.7 Å². The first-order valence-electron chi connectivity index (χ1n) is 7.94. The van der Waals surface area contributed by atoms with E-state index in [1.807, 2.05) is 19.1 Å². The lowest BCUT2D eigenvalue weighted by molar-refractivity contribution is -0.120. The summed E-state index contributed by atoms with van der Waals surface area (Å²) < 4.78 is 13.0. The molecule has 1 aliphatic heterocycles. The van der Waals surface area contributed by atoms with Crippen LogP contribution in [0, 0.1) is 5.82 Å². The maximum absolute atomic E-state index is 13.0. The molecule has 2 aromatic rings. The van der Waals surface area contributed by atoms with E-state index in [1.54, 1.807) is 12.1 Å². The quantitative estimate of drug-likeness (QED) is 0.938. The summed E-state index contributed by atoms with van der Waals surface area (Å²) in [5.41, 5.74) is 3.33. The molecule has 120 valence electrons. The molecule has 0 saturated carbocycles. The highest BCUT2D eigenvalue weighted by Gasteiger charge is 2.27. The van der Waals surface area contributed by atoms with Crippen LogP contribution in [0.3, 0.4) is 0 Å². The van der Waals surface area contributed by atoms with Crippen molar-refractivity contribution in [3.8, 4) is 0 Å². The lowest BCUT2D eigenvalue weighted by Gasteiger charge is -2.25. The van der Waals surface area contributed by atoms with Crippen molar-refractivity contribution in [2.75, 3.05) is 11.4 Å². The van der Waals surface area contributed by atoms with Crippen LogP contribution in [0.4, 0.5) is 10.1 Å². The molecule has 1 amide bonds. The van der Waals surface area contributed by atoms with E-state index in [9.17, 15) is 9.18 Å². The molecule has 0 aliphatic carbocycles. The third-order valence-electron chi connectivity index (χ3n) is 4.41. The molecule has 1 heterocycles. The van der Waals surface area contributed by atoms with Gasteiger partial charge >= 0.3 is 0 Å². The highest BCUT2D eigenvalue weighted by Crippen LogP contribution is 2.31. The van der Waals surface area contributed by atoms with E-state index >= 15 is 0 Å². The number of anilines is 1. The van der Waals surface area contributed by atoms with E-state index < -0.39 is 0 Å². The Balaban J connectivity index is 1.64. The van der Waals surface area contributed by atoms with Crippen LogP contribution in [0.15, 0.2) is 48.5 Å². The van der Waals surface area contributed by atoms with Gasteiger partial charge in [0.15, 0.2) is 0 Å². The molecule has 1 N–H and O–H groups in total. The van der Waals surface area contributed by atoms with Gasteiger partial charge in [-0.3, -0.25) is 4.79 Å². The molecule has 3 nitrogen and oxygen atoms in total. The van der Waals surface area contributed by atoms with Gasteiger partial charge in [-0.2, -0.15) is 0 Å². The van der Waals surface area contributed by atoms with Crippen LogP contribution in [0.5, 0.6) is 0 Å². The van der Waals surface area contributed by atoms with Crippen molar-refractivity contribution in [2.24, 2.45) is 0 Å². The SMILES string of the molecule is CC(NC(=O)CN1c2ccccc2CC1C)c1ccc(F)cc1. The molecular weight excluding hydrogens is 291 g/mol. The number of rotatable bonds is 4. The average Bonchev–Trinajstić information content (AvgIpc) is 2.84. The summed E-state index contributed by atoms with van der Waals surface area (Å²) in [7, 11) is 0. The first-order valence-corrected chi connectivity index (χ1v) is 7.94. The summed E-state index contributed by atoms with van der Waals surface area (Å²) >= 11 is 0. The average molecular weight is 312 g/mol. The van der Waals surface area contributed by atoms with Crippen molar-refractivity contribution >= 4 is 11.6 Å². The Morgan fingerprint density at radius 1 is 1.26 bits per heavy atom. The summed E-state index contributed by atoms with van der Waals surface area (Å²) in [4.78, 5) is 14.5. The van der Waals surface area contributed by atoms with E-state index in [2.05, 4.69) is 29.3 Å². The third-order valence-corrected chi connectivity index (χ3v) is 4.41. The number of nitrogens with one attached hydrogen (secondary N) is 1. The molecular formula is C19H21FN2O. The summed E-state index contributed by atoms with van der Waals surface area (Å²) in [5, 5.41) is 2.99. The molecule has 0 saturated heterocycles. The second-order valence-corrected chi connectivity index (χ2v) is 6.15. The Bertz CT molecular complexity index is 699. The van der Waals surface area contributed by atoms with Gasteiger partial charge in [0.05, 0.1) is 12.6 Å². The molecule has 0 bridgehead atoms. The number of benzene rings is 2. The third kappa shape index (κ3) is 3.36. The molecule has 4 heteroatoms. The molecule has 0 radical (unpaired) electrons. The lowest BCUT2D eigenvalue weighted by Crippen LogP contribution is -2.40. The number of fused-ring (bicyclic) bond motifs is 1. The van der Waals surface area contributed by atoms with Crippen LogP contribution >= 0.6 is 0 Å². The van der Waals surface area contributed by atoms with Gasteiger partial charge in [-0.05, 0) is 49.6 Å². The number of carbonyl (C=O) groups excluding carboxylic acids is 1. The molecule has 1 aliphatic rings. The van der Waals surface area contributed by atoms with Crippen molar-refractivity contribution < 1.29 is 9.18 Å². The highest BCUT2D eigenvalue weighted by molar-refractivity contribution is 5.83. The van der Waals surface area contributed by atoms with E-state index in [0.29, 0.717) is 12.6 Å². The van der Waals surface area contributed by atoms with Crippen LogP contribution in [0.2, 0.25) is 0 Å². The molecule has 2 aromatic carbocycles. The Morgan fingerprint density at radius 3 is 2.70 bits per heavy atom. The Kier molecular flexibility index (Phi) is 4.33. The Hall–Kier alpha value is -2.36. The van der Waals surface area contributed by atoms with Gasteiger partial charge in [0, 0.05) is 11.7 Å². The van der Waals surface area contributed by atoms with Gasteiger partial charge in [-0.25, -0.2) is 4.39 Å². The van der Waals surface area contributed by atoms with Crippen LogP contribution < -0.4 is 10.2 Å². The fraction of sp³-hybridized carbons (Fsp3) is 0.316. The Morgan fingerprint density at radius 2 is 1.96 bits per heavy atom. The van der Waals surface area contributed by atoms with Crippen molar-refractivity contribution in [1.82, 2.24) is 5.32 Å². The summed E-state index contributed by atoms with van der Waals surface area (Å²) in [5.74, 6) is -0.292. The van der Waals surface area contributed by atoms with Gasteiger partial charge in [0.2, 0.25) is 5.91 Å². The predicted molar refractivity (Wildman–Crippen MR) is 89.9 cm³/mol. The molecule has 2 unspecified atom stereocenters. The number of hydrogen-bond acceptors (Lipinski definition) is 2. The van der Waals surface area contributed by atoms with E-state index in [1.165, 1.54) is 17.7 Å². The van der Waals surface area contributed by atoms with Gasteiger partial charge in [0.1, 0.15) is 5.82 Å². The van der Waals surface area contributed by atoms with E-state index in [-0.39, 0.29) is 17.8 Å². The molecule has 0 fully saturated rings. The van der Waals surface area contributed by atoms with Crippen LogP contribution in [0.1, 0.15) is 31.0 Å². The van der Waals surface area contributed by atoms with Gasteiger partial charge in [0.25, 0.3) is 0 Å². The first-order chi connectivity index (χ1) is 11.0. The van der Waals surface area contributed by atoms with Crippen molar-refractivity contribution in [1.29, 1.82) is 0 Å². The van der Waals surface area contributed by atoms with Crippen LogP contribution in [-0.2, 0) is 11.2 Å². The molecule has 3 rings (SSSR count). The van der Waals surface area contributed by atoms with Crippen molar-refractivity contribution in [2.45, 2.75) is 32.4 Å². The maximum Gasteiger partial charge on any atom is 0.240 e. The number of carbonyl (C=O) groups is 1. The first kappa shape index (κ1) is 15.5. The molecule has 23 heavy (non-hydrogen) atoms. The number of hydrogen-bond donors (Lipinski definition) is 1.